The zero-order chi connectivity index (χ0) is 20.1. The highest BCUT2D eigenvalue weighted by atomic mass is 16.5. The molecular weight excluding hydrogens is 366 g/mol. The zero-order valence-electron chi connectivity index (χ0n) is 16.3. The Morgan fingerprint density at radius 2 is 2.24 bits per heavy atom. The smallest absolute Gasteiger partial charge is 0.223 e. The summed E-state index contributed by atoms with van der Waals surface area (Å²) in [5.74, 6) is 1.19. The van der Waals surface area contributed by atoms with Gasteiger partial charge < -0.3 is 19.5 Å². The third-order valence-electron chi connectivity index (χ3n) is 4.66. The number of aromatic nitrogens is 1. The molecule has 0 atom stereocenters. The van der Waals surface area contributed by atoms with E-state index >= 15 is 0 Å². The van der Waals surface area contributed by atoms with Gasteiger partial charge in [-0.15, -0.1) is 0 Å². The van der Waals surface area contributed by atoms with E-state index < -0.39 is 0 Å². The minimum absolute atomic E-state index is 0.114. The van der Waals surface area contributed by atoms with Crippen molar-refractivity contribution in [3.8, 4) is 17.1 Å². The molecule has 0 saturated carbocycles. The quantitative estimate of drug-likeness (QED) is 0.640. The number of H-pyrrole nitrogens is 1. The van der Waals surface area contributed by atoms with Crippen molar-refractivity contribution in [2.24, 2.45) is 4.99 Å². The van der Waals surface area contributed by atoms with E-state index in [1.54, 1.807) is 18.5 Å². The van der Waals surface area contributed by atoms with Gasteiger partial charge in [-0.3, -0.25) is 9.79 Å². The number of hydrogen-bond donors (Lipinski definition) is 2. The number of hydrogen-bond acceptors (Lipinski definition) is 5. The van der Waals surface area contributed by atoms with E-state index in [9.17, 15) is 4.79 Å². The molecule has 0 amide bonds. The molecule has 1 aliphatic rings. The molecule has 3 aromatic rings. The molecule has 2 N–H and O–H groups in total. The lowest BCUT2D eigenvalue weighted by Gasteiger charge is -2.15. The minimum atomic E-state index is -0.114. The Bertz CT molecular complexity index is 1090. The number of furan rings is 1. The third-order valence-corrected chi connectivity index (χ3v) is 4.66. The molecule has 1 aliphatic heterocycles. The molecule has 6 heteroatoms. The molecule has 0 fully saturated rings. The Hall–Kier alpha value is -3.54. The molecule has 0 bridgehead atoms. The van der Waals surface area contributed by atoms with Gasteiger partial charge in [0.05, 0.1) is 26.0 Å². The average Bonchev–Trinajstić information content (AvgIpc) is 3.28. The number of aromatic amines is 1. The summed E-state index contributed by atoms with van der Waals surface area (Å²) in [5.41, 5.74) is 4.99. The number of pyridine rings is 1. The van der Waals surface area contributed by atoms with E-state index in [1.807, 2.05) is 37.5 Å². The van der Waals surface area contributed by atoms with Crippen molar-refractivity contribution in [1.82, 2.24) is 10.3 Å². The van der Waals surface area contributed by atoms with Gasteiger partial charge in [-0.2, -0.15) is 0 Å². The predicted octanol–water partition coefficient (Wildman–Crippen LogP) is 3.99. The van der Waals surface area contributed by atoms with Crippen molar-refractivity contribution in [3.05, 3.63) is 82.1 Å². The summed E-state index contributed by atoms with van der Waals surface area (Å²) in [6.07, 6.45) is 8.01. The first-order valence-corrected chi connectivity index (χ1v) is 9.69. The van der Waals surface area contributed by atoms with Gasteiger partial charge in [0.1, 0.15) is 5.76 Å². The second-order valence-corrected chi connectivity index (χ2v) is 6.83. The molecule has 29 heavy (non-hydrogen) atoms. The van der Waals surface area contributed by atoms with Crippen LogP contribution in [0.25, 0.3) is 16.9 Å². The fourth-order valence-electron chi connectivity index (χ4n) is 3.21. The molecule has 4 rings (SSSR count). The van der Waals surface area contributed by atoms with E-state index in [1.165, 1.54) is 0 Å². The second kappa shape index (κ2) is 8.65. The van der Waals surface area contributed by atoms with Crippen LogP contribution in [0, 0.1) is 0 Å². The van der Waals surface area contributed by atoms with Crippen LogP contribution >= 0.6 is 0 Å². The van der Waals surface area contributed by atoms with Crippen molar-refractivity contribution < 1.29 is 9.15 Å². The van der Waals surface area contributed by atoms with Crippen molar-refractivity contribution >= 4 is 11.8 Å². The molecule has 2 aromatic heterocycles. The first kappa shape index (κ1) is 18.8. The van der Waals surface area contributed by atoms with Crippen molar-refractivity contribution in [2.75, 3.05) is 13.2 Å². The highest BCUT2D eigenvalue weighted by Crippen LogP contribution is 2.28. The maximum atomic E-state index is 12.1. The fourth-order valence-corrected chi connectivity index (χ4v) is 3.21. The Morgan fingerprint density at radius 3 is 3.03 bits per heavy atom. The van der Waals surface area contributed by atoms with E-state index in [2.05, 4.69) is 27.4 Å². The van der Waals surface area contributed by atoms with Gasteiger partial charge in [-0.05, 0) is 41.3 Å². The van der Waals surface area contributed by atoms with Crippen LogP contribution in [0.1, 0.15) is 30.2 Å². The van der Waals surface area contributed by atoms with Gasteiger partial charge in [0.25, 0.3) is 0 Å². The summed E-state index contributed by atoms with van der Waals surface area (Å²) < 4.78 is 10.9. The van der Waals surface area contributed by atoms with E-state index in [4.69, 9.17) is 9.15 Å². The molecular formula is C23H23N3O3. The van der Waals surface area contributed by atoms with Crippen LogP contribution in [-0.4, -0.2) is 24.4 Å². The molecule has 3 heterocycles. The van der Waals surface area contributed by atoms with Crippen LogP contribution < -0.4 is 15.5 Å². The van der Waals surface area contributed by atoms with Gasteiger partial charge >= 0.3 is 0 Å². The second-order valence-electron chi connectivity index (χ2n) is 6.83. The largest absolute Gasteiger partial charge is 0.488 e. The molecule has 0 saturated heterocycles. The first-order valence-electron chi connectivity index (χ1n) is 9.69. The minimum Gasteiger partial charge on any atom is -0.488 e. The third kappa shape index (κ3) is 4.32. The van der Waals surface area contributed by atoms with Crippen LogP contribution in [0.3, 0.4) is 0 Å². The lowest BCUT2D eigenvalue weighted by atomic mass is 9.95. The van der Waals surface area contributed by atoms with Crippen molar-refractivity contribution in [3.63, 3.8) is 0 Å². The molecule has 0 spiro atoms. The Kier molecular flexibility index (Phi) is 5.61. The van der Waals surface area contributed by atoms with Gasteiger partial charge in [0.2, 0.25) is 5.43 Å². The van der Waals surface area contributed by atoms with Crippen molar-refractivity contribution in [2.45, 2.75) is 19.9 Å². The van der Waals surface area contributed by atoms with Gasteiger partial charge in [0.15, 0.2) is 5.75 Å². The lowest BCUT2D eigenvalue weighted by molar-refractivity contribution is 0.313. The molecule has 148 valence electrons. The SMILES string of the molecule is CCCOc1c[nH]c(CNC=C2CN=Cc3ccc(-c4ccco4)cc32)cc1=O. The van der Waals surface area contributed by atoms with Gasteiger partial charge in [-0.25, -0.2) is 0 Å². The van der Waals surface area contributed by atoms with Crippen LogP contribution in [-0.2, 0) is 6.54 Å². The monoisotopic (exact) mass is 389 g/mol. The predicted molar refractivity (Wildman–Crippen MR) is 114 cm³/mol. The summed E-state index contributed by atoms with van der Waals surface area (Å²) in [6.45, 7) is 3.64. The highest BCUT2D eigenvalue weighted by Gasteiger charge is 2.13. The van der Waals surface area contributed by atoms with Gasteiger partial charge in [0, 0.05) is 35.9 Å². The molecule has 1 aromatic carbocycles. The lowest BCUT2D eigenvalue weighted by Crippen LogP contribution is -2.14. The Labute approximate surface area is 169 Å². The topological polar surface area (TPSA) is 79.6 Å². The molecule has 6 nitrogen and oxygen atoms in total. The summed E-state index contributed by atoms with van der Waals surface area (Å²) in [5, 5.41) is 3.29. The standard InChI is InChI=1S/C23H23N3O3/c1-2-7-28-23-15-26-19(10-21(23)27)14-25-13-18-12-24-11-17-6-5-16(9-20(17)18)22-4-3-8-29-22/h3-6,8-11,13,15,25H,2,7,12,14H2,1H3,(H,26,27). The number of fused-ring (bicyclic) bond motifs is 1. The number of rotatable bonds is 7. The maximum absolute atomic E-state index is 12.1. The zero-order valence-corrected chi connectivity index (χ0v) is 16.3. The maximum Gasteiger partial charge on any atom is 0.223 e. The van der Waals surface area contributed by atoms with Crippen LogP contribution in [0.2, 0.25) is 0 Å². The van der Waals surface area contributed by atoms with E-state index in [0.29, 0.717) is 25.4 Å². The van der Waals surface area contributed by atoms with Gasteiger partial charge in [-0.1, -0.05) is 19.1 Å². The van der Waals surface area contributed by atoms with Crippen LogP contribution in [0.4, 0.5) is 0 Å². The first-order chi connectivity index (χ1) is 14.2. The summed E-state index contributed by atoms with van der Waals surface area (Å²) in [7, 11) is 0. The summed E-state index contributed by atoms with van der Waals surface area (Å²) in [6, 6.07) is 11.6. The normalized spacial score (nSPS) is 14.0. The summed E-state index contributed by atoms with van der Waals surface area (Å²) in [4.78, 5) is 19.7. The Balaban J connectivity index is 1.49. The highest BCUT2D eigenvalue weighted by molar-refractivity contribution is 5.93. The van der Waals surface area contributed by atoms with Crippen LogP contribution in [0.15, 0.2) is 69.3 Å². The number of ether oxygens (including phenoxy) is 1. The Morgan fingerprint density at radius 1 is 1.31 bits per heavy atom. The fraction of sp³-hybridized carbons (Fsp3) is 0.217. The summed E-state index contributed by atoms with van der Waals surface area (Å²) >= 11 is 0. The number of benzene rings is 1. The molecule has 0 aliphatic carbocycles. The number of nitrogens with zero attached hydrogens (tertiary/aromatic N) is 1. The number of aliphatic imine (C=N–C) groups is 1. The number of nitrogens with one attached hydrogen (secondary N) is 2. The van der Waals surface area contributed by atoms with Crippen LogP contribution in [0.5, 0.6) is 5.75 Å². The van der Waals surface area contributed by atoms with E-state index in [-0.39, 0.29) is 5.43 Å². The molecule has 0 radical (unpaired) electrons. The average molecular weight is 389 g/mol. The van der Waals surface area contributed by atoms with E-state index in [0.717, 1.165) is 40.1 Å². The van der Waals surface area contributed by atoms with Crippen molar-refractivity contribution in [1.29, 1.82) is 0 Å². The molecule has 0 unspecified atom stereocenters.